The lowest BCUT2D eigenvalue weighted by Gasteiger charge is -2.32. The second-order valence-corrected chi connectivity index (χ2v) is 35.1. The van der Waals surface area contributed by atoms with Crippen molar-refractivity contribution in [2.75, 3.05) is 11.0 Å². The van der Waals surface area contributed by atoms with E-state index in [2.05, 4.69) is 36.6 Å². The molecule has 0 spiro atoms. The number of rotatable bonds is 15. The van der Waals surface area contributed by atoms with Crippen LogP contribution in [0.4, 0.5) is 49.6 Å². The molecule has 1 saturated heterocycles. The number of hydrogen-bond donors (Lipinski definition) is 2. The van der Waals surface area contributed by atoms with Gasteiger partial charge in [0.05, 0.1) is 54.9 Å². The summed E-state index contributed by atoms with van der Waals surface area (Å²) in [6.07, 6.45) is 2.32. The third-order valence-electron chi connectivity index (χ3n) is 21.1. The summed E-state index contributed by atoms with van der Waals surface area (Å²) in [5, 5.41) is 9.07. The van der Waals surface area contributed by atoms with Gasteiger partial charge in [-0.3, -0.25) is 28.7 Å². The molecule has 3 unspecified atom stereocenters. The Kier molecular flexibility index (Phi) is 30.5. The van der Waals surface area contributed by atoms with Gasteiger partial charge in [0, 0.05) is 35.2 Å². The number of hydrogen-bond acceptors (Lipinski definition) is 15. The Labute approximate surface area is 755 Å². The van der Waals surface area contributed by atoms with Crippen LogP contribution in [0.3, 0.4) is 0 Å². The fraction of sp³-hybridized carbons (Fsp3) is 0.190. The molecule has 130 heavy (non-hydrogen) atoms. The maximum atomic E-state index is 14.1. The number of anilines is 1. The van der Waals surface area contributed by atoms with Gasteiger partial charge in [0.1, 0.15) is 148 Å². The van der Waals surface area contributed by atoms with Crippen LogP contribution in [-0.2, 0) is 32.2 Å². The normalized spacial score (nSPS) is 13.3. The molecular weight excluding hydrogens is 1850 g/mol. The maximum Gasteiger partial charge on any atom is 0.494 e. The number of aryl methyl sites for hydroxylation is 2. The van der Waals surface area contributed by atoms with Gasteiger partial charge in [-0.15, -0.1) is 0 Å². The molecular formula is C100H82BBr2F10NO15S. The highest BCUT2D eigenvalue weighted by Crippen LogP contribution is 2.41. The Morgan fingerprint density at radius 1 is 0.392 bits per heavy atom. The van der Waals surface area contributed by atoms with Crippen molar-refractivity contribution in [1.29, 1.82) is 0 Å². The largest absolute Gasteiger partial charge is 0.494 e. The number of nitrogens with one attached hydrogen (secondary N) is 1. The summed E-state index contributed by atoms with van der Waals surface area (Å²) in [4.78, 5) is 63.0. The van der Waals surface area contributed by atoms with Crippen LogP contribution in [0, 0.1) is 58.2 Å². The highest BCUT2D eigenvalue weighted by atomic mass is 79.9. The predicted octanol–water partition coefficient (Wildman–Crippen LogP) is 24.9. The van der Waals surface area contributed by atoms with Crippen LogP contribution >= 0.6 is 31.9 Å². The van der Waals surface area contributed by atoms with Crippen molar-refractivity contribution in [3.63, 3.8) is 0 Å². The van der Waals surface area contributed by atoms with Gasteiger partial charge in [0.25, 0.3) is 0 Å². The van der Waals surface area contributed by atoms with Crippen LogP contribution in [0.2, 0.25) is 0 Å². The Bertz CT molecular complexity index is 7240. The van der Waals surface area contributed by atoms with E-state index in [-0.39, 0.29) is 121 Å². The third kappa shape index (κ3) is 21.1. The molecule has 6 heterocycles. The molecule has 1 fully saturated rings. The van der Waals surface area contributed by atoms with Gasteiger partial charge in [-0.2, -0.15) is 0 Å². The minimum atomic E-state index is -3.29. The first-order valence-electron chi connectivity index (χ1n) is 40.7. The fourth-order valence-electron chi connectivity index (χ4n) is 14.3. The summed E-state index contributed by atoms with van der Waals surface area (Å²) in [6, 6.07) is 56.6. The van der Waals surface area contributed by atoms with Crippen molar-refractivity contribution in [1.82, 2.24) is 0 Å². The predicted molar refractivity (Wildman–Crippen MR) is 493 cm³/mol. The van der Waals surface area contributed by atoms with Crippen molar-refractivity contribution in [2.24, 2.45) is 0 Å². The van der Waals surface area contributed by atoms with E-state index in [4.69, 9.17) is 31.4 Å². The van der Waals surface area contributed by atoms with Crippen molar-refractivity contribution in [3.05, 3.63) is 375 Å². The average molecular weight is 1930 g/mol. The lowest BCUT2D eigenvalue weighted by atomic mass is 9.79. The summed E-state index contributed by atoms with van der Waals surface area (Å²) in [6.45, 7) is 16.7. The van der Waals surface area contributed by atoms with Crippen LogP contribution < -0.4 is 37.3 Å². The Hall–Kier alpha value is -12.6. The molecule has 16 nitrogen and oxygen atoms in total. The summed E-state index contributed by atoms with van der Waals surface area (Å²) in [7, 11) is -3.79. The number of sulfonamides is 1. The minimum Gasteiger partial charge on any atom is -0.460 e. The number of halogens is 12. The zero-order valence-electron chi connectivity index (χ0n) is 71.3. The lowest BCUT2D eigenvalue weighted by molar-refractivity contribution is 0.00578. The number of alkyl halides is 2. The highest BCUT2D eigenvalue weighted by molar-refractivity contribution is 9.09. The summed E-state index contributed by atoms with van der Waals surface area (Å²) >= 11 is 6.81. The van der Waals surface area contributed by atoms with E-state index < -0.39 is 120 Å². The van der Waals surface area contributed by atoms with E-state index in [1.807, 2.05) is 47.6 Å². The van der Waals surface area contributed by atoms with Crippen molar-refractivity contribution in [2.45, 2.75) is 115 Å². The molecule has 670 valence electrons. The molecule has 16 aromatic rings. The van der Waals surface area contributed by atoms with Crippen molar-refractivity contribution in [3.8, 4) is 55.6 Å². The summed E-state index contributed by atoms with van der Waals surface area (Å²) < 4.78 is 204. The molecule has 5 aromatic heterocycles. The molecule has 3 atom stereocenters. The smallest absolute Gasteiger partial charge is 0.460 e. The summed E-state index contributed by atoms with van der Waals surface area (Å²) in [5.74, 6) is -4.67. The fourth-order valence-corrected chi connectivity index (χ4v) is 15.5. The molecule has 17 rings (SSSR count). The van der Waals surface area contributed by atoms with Gasteiger partial charge in [-0.05, 0) is 186 Å². The van der Waals surface area contributed by atoms with Gasteiger partial charge in [-0.1, -0.05) is 174 Å². The molecule has 1 aliphatic rings. The van der Waals surface area contributed by atoms with Crippen LogP contribution in [0.25, 0.3) is 110 Å². The molecule has 30 heteroatoms. The van der Waals surface area contributed by atoms with Crippen molar-refractivity contribution >= 4 is 115 Å². The van der Waals surface area contributed by atoms with Gasteiger partial charge in [0.15, 0.2) is 0 Å². The highest BCUT2D eigenvalue weighted by Gasteiger charge is 2.52. The van der Waals surface area contributed by atoms with E-state index in [9.17, 15) is 81.4 Å². The van der Waals surface area contributed by atoms with Crippen LogP contribution in [0.15, 0.2) is 283 Å². The number of aliphatic hydroxyl groups excluding tert-OH is 1. The third-order valence-corrected chi connectivity index (χ3v) is 23.2. The van der Waals surface area contributed by atoms with E-state index in [1.54, 1.807) is 74.5 Å². The quantitative estimate of drug-likeness (QED) is 0.0551. The Morgan fingerprint density at radius 3 is 1.12 bits per heavy atom. The first-order valence-corrected chi connectivity index (χ1v) is 44.4. The van der Waals surface area contributed by atoms with Crippen molar-refractivity contribution < 1.29 is 88.8 Å². The monoisotopic (exact) mass is 1930 g/mol. The number of benzene rings is 11. The Morgan fingerprint density at radius 2 is 0.731 bits per heavy atom. The molecule has 11 aromatic carbocycles. The molecule has 0 amide bonds. The average Bonchev–Trinajstić information content (AvgIpc) is 1.07. The van der Waals surface area contributed by atoms with E-state index in [1.165, 1.54) is 171 Å². The maximum absolute atomic E-state index is 14.1. The van der Waals surface area contributed by atoms with E-state index in [0.29, 0.717) is 53.4 Å². The van der Waals surface area contributed by atoms with Gasteiger partial charge in [0.2, 0.25) is 37.2 Å². The molecule has 2 N–H and O–H groups in total. The van der Waals surface area contributed by atoms with Gasteiger partial charge in [-0.25, -0.2) is 52.3 Å². The van der Waals surface area contributed by atoms with Crippen LogP contribution in [0.1, 0.15) is 120 Å². The van der Waals surface area contributed by atoms with E-state index in [0.717, 1.165) is 24.2 Å². The van der Waals surface area contributed by atoms with E-state index >= 15 is 0 Å². The zero-order valence-corrected chi connectivity index (χ0v) is 75.2. The zero-order chi connectivity index (χ0) is 94.1. The molecule has 0 radical (unpaired) electrons. The van der Waals surface area contributed by atoms with Crippen LogP contribution in [-0.4, -0.2) is 38.1 Å². The van der Waals surface area contributed by atoms with Gasteiger partial charge < -0.3 is 36.5 Å². The minimum absolute atomic E-state index is 0.0148. The SMILES string of the molecule is CC(Br)c1oc2cccc(F)c2c(=O)c1-c1ccccc1F.CC(O)c1oc2cccc(F)c2c(=O)c1-c1ccccc1F.CC1(C)OB(c2cccc(NS(C)(=O)=O)c2)OC1(C)C.CCC(Br)c1oc2cccc(F)c2c(=O)c1-c1cccc(F)c1.CCCc1oc2cccc(F)c2c(=O)c1-c1cccc(F)c1.CCc1oc2cccc(F)c2c(=O)c1-c1ccccc1F. The molecule has 0 saturated carbocycles. The Balaban J connectivity index is 0.000000141. The van der Waals surface area contributed by atoms with Gasteiger partial charge >= 0.3 is 7.12 Å². The first kappa shape index (κ1) is 96.5. The number of fused-ring (bicyclic) bond motifs is 5. The second-order valence-electron chi connectivity index (χ2n) is 30.9. The molecule has 0 bridgehead atoms. The molecule has 0 aliphatic carbocycles. The molecule has 1 aliphatic heterocycles. The topological polar surface area (TPSA) is 236 Å². The summed E-state index contributed by atoms with van der Waals surface area (Å²) in [5.41, 5.74) is -0.233. The van der Waals surface area contributed by atoms with Crippen LogP contribution in [0.5, 0.6) is 0 Å². The first-order chi connectivity index (χ1) is 61.8. The number of aliphatic hydroxyl groups is 1. The standard InChI is InChI=1S/C18H13BrF2O2.C18H14F2O2.C17H11BrF2O2.C17H12F2O3.C17H12F2O2.C13H20BNO4S/c1-2-12(19)18-15(10-5-3-6-11(20)9-10)17(22)16-13(21)7-4-8-14(16)23-18;1-2-5-14-16(11-6-3-7-12(19)10-11)18(21)17-13(20)8-4-9-15(17)22-14;1-9(18)17-14(10-5-2-3-6-11(10)19)16(21)15-12(20)7-4-8-13(15)22-17;1-9(20)17-14(10-5-2-3-6-11(10)18)16(21)15-12(19)7-4-8-13(15)22-17;1-2-13-15(10-6-3-4-7-11(10)18)17(20)16-12(19)8-5-9-14(16)21-13;1-12(2)13(3,4)19-14(18-12)10-7-6-8-11(9-10)15-20(5,16)17/h3-9,12H,2H2,1H3;3-4,6-10H,2,5H2,1H3;2-9H,1H3;2-9,20H,1H3;3-9H,2H2,1H3;6-9,15H,1-5H3. The second kappa shape index (κ2) is 41.0. The lowest BCUT2D eigenvalue weighted by Crippen LogP contribution is -2.41.